The molecule has 0 aliphatic rings. The Bertz CT molecular complexity index is 388. The number of methoxy groups -OCH3 is 1. The van der Waals surface area contributed by atoms with Gasteiger partial charge in [-0.1, -0.05) is 39.2 Å². The summed E-state index contributed by atoms with van der Waals surface area (Å²) in [5.41, 5.74) is 0.840. The van der Waals surface area contributed by atoms with Gasteiger partial charge in [-0.05, 0) is 37.0 Å². The Morgan fingerprint density at radius 1 is 1.20 bits per heavy atom. The van der Waals surface area contributed by atoms with Crippen LogP contribution in [-0.4, -0.2) is 18.8 Å². The maximum Gasteiger partial charge on any atom is 0.161 e. The van der Waals surface area contributed by atoms with Gasteiger partial charge < -0.3 is 14.6 Å². The number of rotatable bonds is 9. The lowest BCUT2D eigenvalue weighted by Gasteiger charge is -2.18. The molecule has 1 N–H and O–H groups in total. The fourth-order valence-electron chi connectivity index (χ4n) is 2.17. The van der Waals surface area contributed by atoms with Gasteiger partial charge in [0, 0.05) is 0 Å². The topological polar surface area (TPSA) is 38.7 Å². The van der Waals surface area contributed by atoms with Gasteiger partial charge in [0.15, 0.2) is 11.5 Å². The maximum atomic E-state index is 9.59. The van der Waals surface area contributed by atoms with Crippen molar-refractivity contribution in [1.29, 1.82) is 0 Å². The highest BCUT2D eigenvalue weighted by Crippen LogP contribution is 2.31. The molecule has 0 saturated heterocycles. The molecule has 1 aromatic rings. The third-order valence-corrected chi connectivity index (χ3v) is 3.69. The highest BCUT2D eigenvalue weighted by atomic mass is 16.5. The first kappa shape index (κ1) is 16.8. The Balaban J connectivity index is 2.66. The second-order valence-electron chi connectivity index (χ2n) is 5.31. The minimum absolute atomic E-state index is 0.495. The van der Waals surface area contributed by atoms with Crippen molar-refractivity contribution in [3.8, 4) is 11.5 Å². The lowest BCUT2D eigenvalue weighted by atomic mass is 10.0. The third kappa shape index (κ3) is 5.04. The van der Waals surface area contributed by atoms with Gasteiger partial charge in [-0.25, -0.2) is 0 Å². The Labute approximate surface area is 122 Å². The van der Waals surface area contributed by atoms with Gasteiger partial charge in [0.05, 0.1) is 19.8 Å². The summed E-state index contributed by atoms with van der Waals surface area (Å²) < 4.78 is 11.3. The molecule has 0 spiro atoms. The zero-order valence-electron chi connectivity index (χ0n) is 13.2. The summed E-state index contributed by atoms with van der Waals surface area (Å²) in [6.45, 7) is 6.89. The van der Waals surface area contributed by atoms with Crippen LogP contribution in [-0.2, 0) is 0 Å². The molecule has 0 fully saturated rings. The minimum atomic E-state index is -0.495. The lowest BCUT2D eigenvalue weighted by molar-refractivity contribution is 0.197. The minimum Gasteiger partial charge on any atom is -0.493 e. The van der Waals surface area contributed by atoms with Crippen molar-refractivity contribution in [2.75, 3.05) is 13.7 Å². The number of unbranched alkanes of at least 4 members (excludes halogenated alkanes) is 1. The van der Waals surface area contributed by atoms with Crippen LogP contribution in [0.4, 0.5) is 0 Å². The molecule has 0 aliphatic carbocycles. The Kier molecular flexibility index (Phi) is 7.45. The van der Waals surface area contributed by atoms with Crippen LogP contribution in [0.25, 0.3) is 0 Å². The van der Waals surface area contributed by atoms with Gasteiger partial charge in [0.2, 0.25) is 0 Å². The molecule has 2 atom stereocenters. The molecule has 114 valence electrons. The second kappa shape index (κ2) is 8.85. The summed E-state index contributed by atoms with van der Waals surface area (Å²) in [6.07, 6.45) is 4.32. The van der Waals surface area contributed by atoms with Crippen molar-refractivity contribution in [3.63, 3.8) is 0 Å². The average Bonchev–Trinajstić information content (AvgIpc) is 2.47. The summed E-state index contributed by atoms with van der Waals surface area (Å²) in [7, 11) is 1.63. The number of ether oxygens (including phenoxy) is 2. The highest BCUT2D eigenvalue weighted by Gasteiger charge is 2.11. The smallest absolute Gasteiger partial charge is 0.161 e. The molecule has 3 nitrogen and oxygen atoms in total. The molecule has 0 amide bonds. The van der Waals surface area contributed by atoms with Crippen LogP contribution in [0, 0.1) is 5.92 Å². The van der Waals surface area contributed by atoms with Crippen molar-refractivity contribution in [2.24, 2.45) is 5.92 Å². The van der Waals surface area contributed by atoms with E-state index >= 15 is 0 Å². The van der Waals surface area contributed by atoms with E-state index < -0.39 is 6.10 Å². The Morgan fingerprint density at radius 2 is 1.95 bits per heavy atom. The van der Waals surface area contributed by atoms with Gasteiger partial charge in [-0.3, -0.25) is 0 Å². The van der Waals surface area contributed by atoms with E-state index in [-0.39, 0.29) is 0 Å². The van der Waals surface area contributed by atoms with Crippen LogP contribution >= 0.6 is 0 Å². The van der Waals surface area contributed by atoms with Crippen LogP contribution in [0.1, 0.15) is 58.1 Å². The van der Waals surface area contributed by atoms with E-state index in [1.807, 2.05) is 18.2 Å². The fourth-order valence-corrected chi connectivity index (χ4v) is 2.17. The van der Waals surface area contributed by atoms with Gasteiger partial charge >= 0.3 is 0 Å². The molecule has 0 heterocycles. The molecule has 0 radical (unpaired) electrons. The van der Waals surface area contributed by atoms with Crippen molar-refractivity contribution < 1.29 is 14.6 Å². The number of aliphatic hydroxyl groups excluding tert-OH is 1. The molecule has 0 aliphatic heterocycles. The SMILES string of the molecule is CCCCC(CC)COc1ccc([C@H](C)O)cc1OC. The zero-order valence-corrected chi connectivity index (χ0v) is 13.2. The first-order valence-corrected chi connectivity index (χ1v) is 7.61. The summed E-state index contributed by atoms with van der Waals surface area (Å²) in [5, 5.41) is 9.59. The Morgan fingerprint density at radius 3 is 2.50 bits per heavy atom. The predicted octanol–water partition coefficient (Wildman–Crippen LogP) is 4.34. The van der Waals surface area contributed by atoms with Crippen molar-refractivity contribution in [1.82, 2.24) is 0 Å². The average molecular weight is 280 g/mol. The normalized spacial score (nSPS) is 13.8. The molecule has 1 unspecified atom stereocenters. The largest absolute Gasteiger partial charge is 0.493 e. The monoisotopic (exact) mass is 280 g/mol. The van der Waals surface area contributed by atoms with Gasteiger partial charge in [0.1, 0.15) is 0 Å². The lowest BCUT2D eigenvalue weighted by Crippen LogP contribution is -2.12. The molecule has 0 saturated carbocycles. The van der Waals surface area contributed by atoms with Crippen LogP contribution in [0.5, 0.6) is 11.5 Å². The van der Waals surface area contributed by atoms with E-state index in [0.29, 0.717) is 11.7 Å². The van der Waals surface area contributed by atoms with Crippen molar-refractivity contribution in [3.05, 3.63) is 23.8 Å². The standard InChI is InChI=1S/C17H28O3/c1-5-7-8-14(6-2)12-20-16-10-9-15(13(3)18)11-17(16)19-4/h9-11,13-14,18H,5-8,12H2,1-4H3/t13-,14?/m0/s1. The van der Waals surface area contributed by atoms with Crippen LogP contribution in [0.15, 0.2) is 18.2 Å². The number of aliphatic hydroxyl groups is 1. The van der Waals surface area contributed by atoms with E-state index in [1.165, 1.54) is 19.3 Å². The van der Waals surface area contributed by atoms with Gasteiger partial charge in [-0.15, -0.1) is 0 Å². The van der Waals surface area contributed by atoms with Gasteiger partial charge in [0.25, 0.3) is 0 Å². The molecule has 20 heavy (non-hydrogen) atoms. The first-order valence-electron chi connectivity index (χ1n) is 7.61. The molecule has 3 heteroatoms. The third-order valence-electron chi connectivity index (χ3n) is 3.69. The fraction of sp³-hybridized carbons (Fsp3) is 0.647. The number of hydrogen-bond acceptors (Lipinski definition) is 3. The molecule has 1 rings (SSSR count). The van der Waals surface area contributed by atoms with E-state index in [1.54, 1.807) is 14.0 Å². The Hall–Kier alpha value is -1.22. The van der Waals surface area contributed by atoms with Crippen molar-refractivity contribution in [2.45, 2.75) is 52.6 Å². The summed E-state index contributed by atoms with van der Waals surface area (Å²) >= 11 is 0. The van der Waals surface area contributed by atoms with E-state index in [4.69, 9.17) is 9.47 Å². The summed E-state index contributed by atoms with van der Waals surface area (Å²) in [4.78, 5) is 0. The summed E-state index contributed by atoms with van der Waals surface area (Å²) in [6, 6.07) is 5.61. The first-order chi connectivity index (χ1) is 9.62. The quantitative estimate of drug-likeness (QED) is 0.731. The van der Waals surface area contributed by atoms with Crippen LogP contribution in [0.2, 0.25) is 0 Å². The predicted molar refractivity (Wildman–Crippen MR) is 82.4 cm³/mol. The number of benzene rings is 1. The summed E-state index contributed by atoms with van der Waals surface area (Å²) in [5.74, 6) is 2.04. The van der Waals surface area contributed by atoms with Crippen LogP contribution in [0.3, 0.4) is 0 Å². The highest BCUT2D eigenvalue weighted by molar-refractivity contribution is 5.43. The van der Waals surface area contributed by atoms with E-state index in [9.17, 15) is 5.11 Å². The number of hydrogen-bond donors (Lipinski definition) is 1. The van der Waals surface area contributed by atoms with E-state index in [2.05, 4.69) is 13.8 Å². The molecule has 0 aromatic heterocycles. The van der Waals surface area contributed by atoms with Crippen molar-refractivity contribution >= 4 is 0 Å². The van der Waals surface area contributed by atoms with Gasteiger partial charge in [-0.2, -0.15) is 0 Å². The van der Waals surface area contributed by atoms with Crippen LogP contribution < -0.4 is 9.47 Å². The molecule has 0 bridgehead atoms. The maximum absolute atomic E-state index is 9.59. The molecular formula is C17H28O3. The molecular weight excluding hydrogens is 252 g/mol. The molecule has 1 aromatic carbocycles. The zero-order chi connectivity index (χ0) is 15.0. The van der Waals surface area contributed by atoms with E-state index in [0.717, 1.165) is 24.3 Å². The second-order valence-corrected chi connectivity index (χ2v) is 5.31.